The Labute approximate surface area is 146 Å². The SMILES string of the molecule is O=C(CSc1ccccc1Cl)NCC(=O)Nc1ccc(F)c(F)c1. The highest BCUT2D eigenvalue weighted by molar-refractivity contribution is 8.00. The van der Waals surface area contributed by atoms with Crippen LogP contribution in [0, 0.1) is 11.6 Å². The third kappa shape index (κ3) is 5.50. The van der Waals surface area contributed by atoms with Crippen LogP contribution in [0.3, 0.4) is 0 Å². The lowest BCUT2D eigenvalue weighted by molar-refractivity contribution is -0.122. The van der Waals surface area contributed by atoms with Gasteiger partial charge in [0.1, 0.15) is 0 Å². The van der Waals surface area contributed by atoms with Gasteiger partial charge < -0.3 is 10.6 Å². The Morgan fingerprint density at radius 2 is 1.79 bits per heavy atom. The van der Waals surface area contributed by atoms with Gasteiger partial charge in [-0.25, -0.2) is 8.78 Å². The topological polar surface area (TPSA) is 58.2 Å². The van der Waals surface area contributed by atoms with Gasteiger partial charge in [-0.15, -0.1) is 11.8 Å². The lowest BCUT2D eigenvalue weighted by Gasteiger charge is -2.08. The number of anilines is 1. The summed E-state index contributed by atoms with van der Waals surface area (Å²) in [7, 11) is 0. The van der Waals surface area contributed by atoms with E-state index < -0.39 is 17.5 Å². The molecule has 0 saturated heterocycles. The van der Waals surface area contributed by atoms with Crippen LogP contribution in [-0.2, 0) is 9.59 Å². The Morgan fingerprint density at radius 1 is 1.04 bits per heavy atom. The summed E-state index contributed by atoms with van der Waals surface area (Å²) < 4.78 is 25.8. The molecule has 2 amide bonds. The van der Waals surface area contributed by atoms with Crippen LogP contribution in [0.4, 0.5) is 14.5 Å². The molecule has 2 rings (SSSR count). The van der Waals surface area contributed by atoms with Gasteiger partial charge in [-0.05, 0) is 24.3 Å². The summed E-state index contributed by atoms with van der Waals surface area (Å²) in [4.78, 5) is 24.2. The molecule has 0 atom stereocenters. The van der Waals surface area contributed by atoms with Crippen molar-refractivity contribution in [1.82, 2.24) is 5.32 Å². The number of amides is 2. The molecule has 0 heterocycles. The molecule has 0 aliphatic rings. The average molecular weight is 371 g/mol. The van der Waals surface area contributed by atoms with Gasteiger partial charge in [-0.2, -0.15) is 0 Å². The first-order chi connectivity index (χ1) is 11.5. The van der Waals surface area contributed by atoms with Crippen molar-refractivity contribution < 1.29 is 18.4 Å². The minimum absolute atomic E-state index is 0.0994. The van der Waals surface area contributed by atoms with Crippen LogP contribution in [0.15, 0.2) is 47.4 Å². The Morgan fingerprint density at radius 3 is 2.50 bits per heavy atom. The maximum Gasteiger partial charge on any atom is 0.243 e. The summed E-state index contributed by atoms with van der Waals surface area (Å²) in [5, 5.41) is 5.34. The zero-order chi connectivity index (χ0) is 17.5. The molecule has 2 aromatic carbocycles. The summed E-state index contributed by atoms with van der Waals surface area (Å²) in [6, 6.07) is 10.1. The fourth-order valence-electron chi connectivity index (χ4n) is 1.71. The van der Waals surface area contributed by atoms with E-state index in [9.17, 15) is 18.4 Å². The molecule has 0 spiro atoms. The molecule has 0 aliphatic heterocycles. The summed E-state index contributed by atoms with van der Waals surface area (Å²) in [6.07, 6.45) is 0. The molecular formula is C16H13ClF2N2O2S. The number of halogens is 3. The largest absolute Gasteiger partial charge is 0.346 e. The number of rotatable bonds is 6. The third-order valence-electron chi connectivity index (χ3n) is 2.84. The molecular weight excluding hydrogens is 358 g/mol. The molecule has 0 fully saturated rings. The molecule has 4 nitrogen and oxygen atoms in total. The number of hydrogen-bond acceptors (Lipinski definition) is 3. The van der Waals surface area contributed by atoms with E-state index in [2.05, 4.69) is 10.6 Å². The highest BCUT2D eigenvalue weighted by Gasteiger charge is 2.09. The van der Waals surface area contributed by atoms with Crippen LogP contribution in [0.1, 0.15) is 0 Å². The molecule has 2 aromatic rings. The molecule has 0 unspecified atom stereocenters. The summed E-state index contributed by atoms with van der Waals surface area (Å²) in [5.41, 5.74) is 0.110. The monoisotopic (exact) mass is 370 g/mol. The predicted molar refractivity (Wildman–Crippen MR) is 90.2 cm³/mol. The van der Waals surface area contributed by atoms with Crippen molar-refractivity contribution in [2.75, 3.05) is 17.6 Å². The van der Waals surface area contributed by atoms with Crippen LogP contribution >= 0.6 is 23.4 Å². The second kappa shape index (κ2) is 8.65. The first kappa shape index (κ1) is 18.2. The zero-order valence-electron chi connectivity index (χ0n) is 12.3. The molecule has 24 heavy (non-hydrogen) atoms. The van der Waals surface area contributed by atoms with Crippen molar-refractivity contribution in [2.45, 2.75) is 4.90 Å². The molecule has 0 aliphatic carbocycles. The van der Waals surface area contributed by atoms with Crippen molar-refractivity contribution in [2.24, 2.45) is 0 Å². The maximum absolute atomic E-state index is 13.0. The van der Waals surface area contributed by atoms with Crippen molar-refractivity contribution in [3.63, 3.8) is 0 Å². The molecule has 0 aromatic heterocycles. The average Bonchev–Trinajstić information content (AvgIpc) is 2.55. The number of thioether (sulfide) groups is 1. The minimum Gasteiger partial charge on any atom is -0.346 e. The number of nitrogens with one attached hydrogen (secondary N) is 2. The number of carbonyl (C=O) groups excluding carboxylic acids is 2. The van der Waals surface area contributed by atoms with E-state index in [4.69, 9.17) is 11.6 Å². The second-order valence-electron chi connectivity index (χ2n) is 4.67. The molecule has 126 valence electrons. The number of hydrogen-bond donors (Lipinski definition) is 2. The summed E-state index contributed by atoms with van der Waals surface area (Å²) >= 11 is 7.22. The van der Waals surface area contributed by atoms with E-state index >= 15 is 0 Å². The number of carbonyl (C=O) groups is 2. The van der Waals surface area contributed by atoms with E-state index in [1.165, 1.54) is 17.8 Å². The van der Waals surface area contributed by atoms with E-state index in [-0.39, 0.29) is 23.9 Å². The van der Waals surface area contributed by atoms with Gasteiger partial charge in [0.05, 0.1) is 17.3 Å². The Balaban J connectivity index is 1.76. The number of benzene rings is 2. The van der Waals surface area contributed by atoms with Gasteiger partial charge in [-0.3, -0.25) is 9.59 Å². The highest BCUT2D eigenvalue weighted by atomic mass is 35.5. The van der Waals surface area contributed by atoms with E-state index in [1.807, 2.05) is 0 Å². The van der Waals surface area contributed by atoms with Crippen molar-refractivity contribution in [1.29, 1.82) is 0 Å². The van der Waals surface area contributed by atoms with Gasteiger partial charge in [0, 0.05) is 16.6 Å². The Hall–Kier alpha value is -2.12. The van der Waals surface area contributed by atoms with Gasteiger partial charge in [-0.1, -0.05) is 23.7 Å². The van der Waals surface area contributed by atoms with Crippen LogP contribution < -0.4 is 10.6 Å². The molecule has 0 bridgehead atoms. The van der Waals surface area contributed by atoms with Crippen LogP contribution in [0.2, 0.25) is 5.02 Å². The van der Waals surface area contributed by atoms with Crippen molar-refractivity contribution in [3.05, 3.63) is 59.1 Å². The standard InChI is InChI=1S/C16H13ClF2N2O2S/c17-11-3-1-2-4-14(11)24-9-16(23)20-8-15(22)21-10-5-6-12(18)13(19)7-10/h1-7H,8-9H2,(H,20,23)(H,21,22). The Bertz CT molecular complexity index is 759. The lowest BCUT2D eigenvalue weighted by Crippen LogP contribution is -2.33. The fourth-order valence-corrected chi connectivity index (χ4v) is 2.78. The molecule has 0 radical (unpaired) electrons. The summed E-state index contributed by atoms with van der Waals surface area (Å²) in [5.74, 6) is -2.86. The third-order valence-corrected chi connectivity index (χ3v) is 4.36. The van der Waals surface area contributed by atoms with Crippen LogP contribution in [-0.4, -0.2) is 24.1 Å². The quantitative estimate of drug-likeness (QED) is 0.765. The van der Waals surface area contributed by atoms with E-state index in [0.29, 0.717) is 5.02 Å². The predicted octanol–water partition coefficient (Wildman–Crippen LogP) is 3.47. The van der Waals surface area contributed by atoms with Gasteiger partial charge in [0.2, 0.25) is 11.8 Å². The van der Waals surface area contributed by atoms with Gasteiger partial charge in [0.25, 0.3) is 0 Å². The maximum atomic E-state index is 13.0. The summed E-state index contributed by atoms with van der Waals surface area (Å²) in [6.45, 7) is -0.277. The first-order valence-corrected chi connectivity index (χ1v) is 8.21. The van der Waals surface area contributed by atoms with Crippen LogP contribution in [0.5, 0.6) is 0 Å². The highest BCUT2D eigenvalue weighted by Crippen LogP contribution is 2.26. The zero-order valence-corrected chi connectivity index (χ0v) is 13.9. The first-order valence-electron chi connectivity index (χ1n) is 6.84. The van der Waals surface area contributed by atoms with Crippen LogP contribution in [0.25, 0.3) is 0 Å². The molecule has 0 saturated carbocycles. The smallest absolute Gasteiger partial charge is 0.243 e. The Kier molecular flexibility index (Phi) is 6.57. The van der Waals surface area contributed by atoms with Gasteiger partial charge >= 0.3 is 0 Å². The van der Waals surface area contributed by atoms with Crippen molar-refractivity contribution in [3.8, 4) is 0 Å². The molecule has 8 heteroatoms. The minimum atomic E-state index is -1.06. The fraction of sp³-hybridized carbons (Fsp3) is 0.125. The van der Waals surface area contributed by atoms with Gasteiger partial charge in [0.15, 0.2) is 11.6 Å². The lowest BCUT2D eigenvalue weighted by atomic mass is 10.3. The second-order valence-corrected chi connectivity index (χ2v) is 6.10. The van der Waals surface area contributed by atoms with E-state index in [1.54, 1.807) is 24.3 Å². The normalized spacial score (nSPS) is 10.3. The molecule has 2 N–H and O–H groups in total. The van der Waals surface area contributed by atoms with Crippen molar-refractivity contribution >= 4 is 40.9 Å². The van der Waals surface area contributed by atoms with E-state index in [0.717, 1.165) is 17.0 Å².